The maximum atomic E-state index is 13.0. The summed E-state index contributed by atoms with van der Waals surface area (Å²) in [5, 5.41) is 3.16. The van der Waals surface area contributed by atoms with Crippen molar-refractivity contribution in [3.8, 4) is 0 Å². The zero-order valence-electron chi connectivity index (χ0n) is 15.4. The van der Waals surface area contributed by atoms with Crippen LogP contribution in [0.15, 0.2) is 53.0 Å². The summed E-state index contributed by atoms with van der Waals surface area (Å²) in [4.78, 5) is 13.0. The highest BCUT2D eigenvalue weighted by Gasteiger charge is 2.45. The van der Waals surface area contributed by atoms with Crippen LogP contribution in [-0.4, -0.2) is 12.0 Å². The van der Waals surface area contributed by atoms with Gasteiger partial charge < -0.3 is 10.1 Å². The van der Waals surface area contributed by atoms with Gasteiger partial charge in [-0.05, 0) is 55.5 Å². The summed E-state index contributed by atoms with van der Waals surface area (Å²) in [6.07, 6.45) is 3.15. The molecule has 1 N–H and O–H groups in total. The summed E-state index contributed by atoms with van der Waals surface area (Å²) in [6, 6.07) is 16.4. The maximum Gasteiger partial charge on any atom is 0.230 e. The Kier molecular flexibility index (Phi) is 6.15. The van der Waals surface area contributed by atoms with E-state index in [2.05, 4.69) is 45.5 Å². The Hall–Kier alpha value is -1.65. The van der Waals surface area contributed by atoms with E-state index < -0.39 is 0 Å². The second kappa shape index (κ2) is 8.36. The van der Waals surface area contributed by atoms with Gasteiger partial charge in [-0.15, -0.1) is 0 Å². The summed E-state index contributed by atoms with van der Waals surface area (Å²) >= 11 is 3.47. The minimum atomic E-state index is -0.362. The Morgan fingerprint density at radius 3 is 2.46 bits per heavy atom. The van der Waals surface area contributed by atoms with Crippen molar-refractivity contribution in [3.05, 3.63) is 69.7 Å². The molecule has 0 radical (unpaired) electrons. The van der Waals surface area contributed by atoms with Crippen molar-refractivity contribution in [3.63, 3.8) is 0 Å². The van der Waals surface area contributed by atoms with Crippen molar-refractivity contribution >= 4 is 21.8 Å². The normalized spacial score (nSPS) is 15.5. The molecule has 138 valence electrons. The van der Waals surface area contributed by atoms with Crippen LogP contribution in [0.4, 0.5) is 0 Å². The largest absolute Gasteiger partial charge is 0.374 e. The van der Waals surface area contributed by atoms with E-state index in [0.29, 0.717) is 13.2 Å². The van der Waals surface area contributed by atoms with Gasteiger partial charge in [-0.1, -0.05) is 58.7 Å². The van der Waals surface area contributed by atoms with Crippen LogP contribution in [0.3, 0.4) is 0 Å². The van der Waals surface area contributed by atoms with E-state index in [9.17, 15) is 4.79 Å². The van der Waals surface area contributed by atoms with Gasteiger partial charge in [-0.25, -0.2) is 0 Å². The Balaban J connectivity index is 1.64. The van der Waals surface area contributed by atoms with Crippen molar-refractivity contribution in [1.29, 1.82) is 0 Å². The fourth-order valence-electron chi connectivity index (χ4n) is 3.39. The molecule has 0 saturated heterocycles. The van der Waals surface area contributed by atoms with Crippen LogP contribution in [0.25, 0.3) is 0 Å². The minimum Gasteiger partial charge on any atom is -0.374 e. The first-order valence-corrected chi connectivity index (χ1v) is 10.0. The van der Waals surface area contributed by atoms with Gasteiger partial charge >= 0.3 is 0 Å². The lowest BCUT2D eigenvalue weighted by Crippen LogP contribution is -2.48. The second-order valence-corrected chi connectivity index (χ2v) is 8.22. The first-order chi connectivity index (χ1) is 12.5. The maximum absolute atomic E-state index is 13.0. The van der Waals surface area contributed by atoms with Crippen molar-refractivity contribution < 1.29 is 9.53 Å². The predicted molar refractivity (Wildman–Crippen MR) is 108 cm³/mol. The van der Waals surface area contributed by atoms with Crippen molar-refractivity contribution in [1.82, 2.24) is 5.32 Å². The highest BCUT2D eigenvalue weighted by atomic mass is 79.9. The smallest absolute Gasteiger partial charge is 0.230 e. The van der Waals surface area contributed by atoms with Gasteiger partial charge in [0.05, 0.1) is 18.1 Å². The van der Waals surface area contributed by atoms with Crippen LogP contribution in [0.1, 0.15) is 49.8 Å². The zero-order valence-corrected chi connectivity index (χ0v) is 17.0. The Morgan fingerprint density at radius 1 is 1.15 bits per heavy atom. The third-order valence-corrected chi connectivity index (χ3v) is 5.60. The molecule has 0 unspecified atom stereocenters. The third-order valence-electron chi connectivity index (χ3n) is 5.07. The molecular weight excluding hydrogens is 390 g/mol. The average molecular weight is 416 g/mol. The number of carbonyl (C=O) groups excluding carboxylic acids is 1. The molecule has 0 heterocycles. The van der Waals surface area contributed by atoms with Gasteiger partial charge in [0.1, 0.15) is 0 Å². The topological polar surface area (TPSA) is 38.3 Å². The number of hydrogen-bond donors (Lipinski definition) is 1. The molecule has 0 spiro atoms. The molecule has 4 heteroatoms. The van der Waals surface area contributed by atoms with Gasteiger partial charge in [-0.3, -0.25) is 4.79 Å². The summed E-state index contributed by atoms with van der Waals surface area (Å²) < 4.78 is 6.70. The van der Waals surface area contributed by atoms with E-state index in [-0.39, 0.29) is 17.4 Å². The van der Waals surface area contributed by atoms with Crippen LogP contribution in [0.2, 0.25) is 0 Å². The van der Waals surface area contributed by atoms with Crippen LogP contribution in [-0.2, 0) is 28.1 Å². The van der Waals surface area contributed by atoms with Crippen LogP contribution in [0, 0.1) is 0 Å². The molecule has 0 aromatic heterocycles. The molecule has 1 fully saturated rings. The van der Waals surface area contributed by atoms with Gasteiger partial charge in [0.15, 0.2) is 0 Å². The Morgan fingerprint density at radius 2 is 1.85 bits per heavy atom. The molecule has 2 aromatic rings. The zero-order chi connectivity index (χ0) is 18.6. The van der Waals surface area contributed by atoms with Crippen molar-refractivity contribution in [2.75, 3.05) is 0 Å². The monoisotopic (exact) mass is 415 g/mol. The summed E-state index contributed by atoms with van der Waals surface area (Å²) in [5.74, 6) is 0.134. The van der Waals surface area contributed by atoms with E-state index in [1.807, 2.05) is 38.1 Å². The van der Waals surface area contributed by atoms with Gasteiger partial charge in [0, 0.05) is 11.0 Å². The third kappa shape index (κ3) is 4.36. The summed E-state index contributed by atoms with van der Waals surface area (Å²) in [7, 11) is 0. The minimum absolute atomic E-state index is 0.134. The van der Waals surface area contributed by atoms with E-state index in [0.717, 1.165) is 40.4 Å². The standard InChI is InChI=1S/C22H26BrNO2/c1-16(2)26-15-18-6-3-5-17(13-18)14-24-21(25)22(11-4-12-22)19-7-9-20(23)10-8-19/h3,5-10,13,16H,4,11-12,14-15H2,1-2H3,(H,24,25). The molecule has 3 nitrogen and oxygen atoms in total. The molecule has 0 bridgehead atoms. The fraction of sp³-hybridized carbons (Fsp3) is 0.409. The molecule has 3 rings (SSSR count). The number of rotatable bonds is 7. The average Bonchev–Trinajstić information content (AvgIpc) is 2.59. The molecule has 1 saturated carbocycles. The van der Waals surface area contributed by atoms with Crippen LogP contribution >= 0.6 is 15.9 Å². The SMILES string of the molecule is CC(C)OCc1cccc(CNC(=O)C2(c3ccc(Br)cc3)CCC2)c1. The number of carbonyl (C=O) groups is 1. The van der Waals surface area contributed by atoms with E-state index in [1.165, 1.54) is 0 Å². The lowest BCUT2D eigenvalue weighted by molar-refractivity contribution is -0.130. The summed E-state index contributed by atoms with van der Waals surface area (Å²) in [6.45, 7) is 5.21. The van der Waals surface area contributed by atoms with E-state index in [4.69, 9.17) is 4.74 Å². The molecule has 1 amide bonds. The van der Waals surface area contributed by atoms with Gasteiger partial charge in [0.25, 0.3) is 0 Å². The number of nitrogens with one attached hydrogen (secondary N) is 1. The highest BCUT2D eigenvalue weighted by molar-refractivity contribution is 9.10. The first-order valence-electron chi connectivity index (χ1n) is 9.23. The number of ether oxygens (including phenoxy) is 1. The molecular formula is C22H26BrNO2. The summed E-state index contributed by atoms with van der Waals surface area (Å²) in [5.41, 5.74) is 2.99. The quantitative estimate of drug-likeness (QED) is 0.681. The van der Waals surface area contributed by atoms with E-state index in [1.54, 1.807) is 0 Å². The fourth-order valence-corrected chi connectivity index (χ4v) is 3.65. The Labute approximate surface area is 164 Å². The van der Waals surface area contributed by atoms with Gasteiger partial charge in [0.2, 0.25) is 5.91 Å². The van der Waals surface area contributed by atoms with Crippen molar-refractivity contribution in [2.45, 2.75) is 57.8 Å². The van der Waals surface area contributed by atoms with Crippen LogP contribution < -0.4 is 5.32 Å². The molecule has 1 aliphatic rings. The van der Waals surface area contributed by atoms with Gasteiger partial charge in [-0.2, -0.15) is 0 Å². The predicted octanol–water partition coefficient (Wildman–Crippen LogP) is 5.11. The van der Waals surface area contributed by atoms with Crippen molar-refractivity contribution in [2.24, 2.45) is 0 Å². The number of amides is 1. The Bertz CT molecular complexity index is 751. The lowest BCUT2D eigenvalue weighted by Gasteiger charge is -2.40. The number of hydrogen-bond acceptors (Lipinski definition) is 2. The molecule has 0 aliphatic heterocycles. The second-order valence-electron chi connectivity index (χ2n) is 7.30. The van der Waals surface area contributed by atoms with Crippen LogP contribution in [0.5, 0.6) is 0 Å². The molecule has 0 atom stereocenters. The number of halogens is 1. The molecule has 26 heavy (non-hydrogen) atoms. The first kappa shape index (κ1) is 19.1. The lowest BCUT2D eigenvalue weighted by atomic mass is 9.64. The molecule has 2 aromatic carbocycles. The number of benzene rings is 2. The highest BCUT2D eigenvalue weighted by Crippen LogP contribution is 2.44. The van der Waals surface area contributed by atoms with E-state index >= 15 is 0 Å². The molecule has 1 aliphatic carbocycles.